The molecule has 3 nitrogen and oxygen atoms in total. The molecule has 1 N–H and O–H groups in total. The lowest BCUT2D eigenvalue weighted by Crippen LogP contribution is -2.12. The van der Waals surface area contributed by atoms with E-state index in [9.17, 15) is 18.0 Å². The van der Waals surface area contributed by atoms with Crippen molar-refractivity contribution in [1.82, 2.24) is 4.98 Å². The highest BCUT2D eigenvalue weighted by molar-refractivity contribution is 7.17. The highest BCUT2D eigenvalue weighted by Gasteiger charge is 2.18. The average molecular weight is 348 g/mol. The zero-order valence-corrected chi connectivity index (χ0v) is 13.3. The number of amides is 1. The van der Waals surface area contributed by atoms with Crippen molar-refractivity contribution in [1.29, 1.82) is 0 Å². The number of nitrogens with zero attached hydrogens (tertiary/aromatic N) is 1. The van der Waals surface area contributed by atoms with Crippen molar-refractivity contribution >= 4 is 22.9 Å². The van der Waals surface area contributed by atoms with Crippen LogP contribution in [-0.4, -0.2) is 10.9 Å². The smallest absolute Gasteiger partial charge is 0.267 e. The summed E-state index contributed by atoms with van der Waals surface area (Å²) in [6, 6.07) is 8.64. The maximum Gasteiger partial charge on any atom is 0.267 e. The molecule has 0 spiro atoms. The van der Waals surface area contributed by atoms with Gasteiger partial charge in [-0.2, -0.15) is 0 Å². The van der Waals surface area contributed by atoms with Crippen LogP contribution in [0.2, 0.25) is 0 Å². The van der Waals surface area contributed by atoms with E-state index in [0.717, 1.165) is 23.5 Å². The third kappa shape index (κ3) is 3.30. The molecule has 0 radical (unpaired) electrons. The van der Waals surface area contributed by atoms with Crippen molar-refractivity contribution in [2.75, 3.05) is 5.32 Å². The Balaban J connectivity index is 1.86. The second kappa shape index (κ2) is 6.45. The number of anilines is 1. The quantitative estimate of drug-likeness (QED) is 0.739. The number of carbonyl (C=O) groups is 1. The highest BCUT2D eigenvalue weighted by atomic mass is 32.1. The SMILES string of the molecule is Cc1nc(-c2ccc(F)cc2)sc1C(=O)Nc1ccc(F)cc1F. The normalized spacial score (nSPS) is 10.7. The van der Waals surface area contributed by atoms with Gasteiger partial charge in [-0.25, -0.2) is 18.2 Å². The topological polar surface area (TPSA) is 42.0 Å². The summed E-state index contributed by atoms with van der Waals surface area (Å²) in [4.78, 5) is 16.9. The maximum absolute atomic E-state index is 13.6. The number of rotatable bonds is 3. The second-order valence-corrected chi connectivity index (χ2v) is 6.02. The van der Waals surface area contributed by atoms with E-state index in [1.54, 1.807) is 19.1 Å². The Morgan fingerprint density at radius 2 is 1.71 bits per heavy atom. The Bertz CT molecular complexity index is 907. The molecule has 0 fully saturated rings. The fourth-order valence-electron chi connectivity index (χ4n) is 2.09. The van der Waals surface area contributed by atoms with E-state index in [4.69, 9.17) is 0 Å². The molecule has 2 aromatic carbocycles. The molecule has 0 aliphatic heterocycles. The van der Waals surface area contributed by atoms with Crippen molar-refractivity contribution in [2.45, 2.75) is 6.92 Å². The Morgan fingerprint density at radius 3 is 2.38 bits per heavy atom. The van der Waals surface area contributed by atoms with Gasteiger partial charge in [-0.3, -0.25) is 4.79 Å². The summed E-state index contributed by atoms with van der Waals surface area (Å²) in [6.07, 6.45) is 0. The van der Waals surface area contributed by atoms with Crippen molar-refractivity contribution < 1.29 is 18.0 Å². The Morgan fingerprint density at radius 1 is 1.04 bits per heavy atom. The molecular weight excluding hydrogens is 337 g/mol. The van der Waals surface area contributed by atoms with Crippen molar-refractivity contribution in [2.24, 2.45) is 0 Å². The third-order valence-corrected chi connectivity index (χ3v) is 4.48. The fraction of sp³-hybridized carbons (Fsp3) is 0.0588. The maximum atomic E-state index is 13.6. The summed E-state index contributed by atoms with van der Waals surface area (Å²) in [5, 5.41) is 2.95. The Labute approximate surface area is 139 Å². The zero-order valence-electron chi connectivity index (χ0n) is 12.4. The number of hydrogen-bond acceptors (Lipinski definition) is 3. The molecule has 3 aromatic rings. The molecular formula is C17H11F3N2OS. The van der Waals surface area contributed by atoms with Gasteiger partial charge in [0.2, 0.25) is 0 Å². The summed E-state index contributed by atoms with van der Waals surface area (Å²) >= 11 is 1.11. The van der Waals surface area contributed by atoms with Crippen LogP contribution in [0.5, 0.6) is 0 Å². The first-order chi connectivity index (χ1) is 11.4. The minimum absolute atomic E-state index is 0.113. The molecule has 7 heteroatoms. The minimum atomic E-state index is -0.857. The van der Waals surface area contributed by atoms with Gasteiger partial charge in [0.1, 0.15) is 27.3 Å². The molecule has 0 unspecified atom stereocenters. The van der Waals surface area contributed by atoms with Crippen LogP contribution >= 0.6 is 11.3 Å². The highest BCUT2D eigenvalue weighted by Crippen LogP contribution is 2.29. The number of carbonyl (C=O) groups excluding carboxylic acids is 1. The van der Waals surface area contributed by atoms with Crippen LogP contribution in [0.4, 0.5) is 18.9 Å². The van der Waals surface area contributed by atoms with E-state index < -0.39 is 17.5 Å². The monoisotopic (exact) mass is 348 g/mol. The molecule has 1 amide bonds. The third-order valence-electron chi connectivity index (χ3n) is 3.27. The summed E-state index contributed by atoms with van der Waals surface area (Å²) in [5.74, 6) is -2.48. The first-order valence-electron chi connectivity index (χ1n) is 6.94. The molecule has 0 atom stereocenters. The van der Waals surface area contributed by atoms with E-state index in [1.807, 2.05) is 0 Å². The van der Waals surface area contributed by atoms with Gasteiger partial charge >= 0.3 is 0 Å². The number of benzene rings is 2. The molecule has 0 bridgehead atoms. The molecule has 0 saturated carbocycles. The van der Waals surface area contributed by atoms with Gasteiger partial charge in [-0.1, -0.05) is 0 Å². The average Bonchev–Trinajstić information content (AvgIpc) is 2.93. The zero-order chi connectivity index (χ0) is 17.3. The van der Waals surface area contributed by atoms with Crippen LogP contribution in [0.15, 0.2) is 42.5 Å². The van der Waals surface area contributed by atoms with Crippen molar-refractivity contribution in [3.8, 4) is 10.6 Å². The lowest BCUT2D eigenvalue weighted by Gasteiger charge is -2.05. The van der Waals surface area contributed by atoms with Gasteiger partial charge in [0.05, 0.1) is 11.4 Å². The van der Waals surface area contributed by atoms with Crippen LogP contribution in [-0.2, 0) is 0 Å². The molecule has 0 aliphatic rings. The van der Waals surface area contributed by atoms with E-state index in [1.165, 1.54) is 12.1 Å². The van der Waals surface area contributed by atoms with Crippen LogP contribution in [0.3, 0.4) is 0 Å². The summed E-state index contributed by atoms with van der Waals surface area (Å²) < 4.78 is 39.5. The number of halogens is 3. The molecule has 122 valence electrons. The molecule has 3 rings (SSSR count). The second-order valence-electron chi connectivity index (χ2n) is 5.02. The van der Waals surface area contributed by atoms with Gasteiger partial charge in [-0.15, -0.1) is 11.3 Å². The first kappa shape index (κ1) is 16.2. The summed E-state index contributed by atoms with van der Waals surface area (Å²) in [5.41, 5.74) is 1.04. The van der Waals surface area contributed by atoms with Crippen LogP contribution in [0.25, 0.3) is 10.6 Å². The molecule has 24 heavy (non-hydrogen) atoms. The summed E-state index contributed by atoms with van der Waals surface area (Å²) in [7, 11) is 0. The lowest BCUT2D eigenvalue weighted by molar-refractivity contribution is 0.102. The number of thiazole rings is 1. The predicted octanol–water partition coefficient (Wildman–Crippen LogP) is 4.79. The van der Waals surface area contributed by atoms with Gasteiger partial charge in [0.15, 0.2) is 0 Å². The van der Waals surface area contributed by atoms with E-state index in [0.29, 0.717) is 27.2 Å². The fourth-order valence-corrected chi connectivity index (χ4v) is 3.06. The van der Waals surface area contributed by atoms with Crippen LogP contribution < -0.4 is 5.32 Å². The van der Waals surface area contributed by atoms with Gasteiger partial charge in [0, 0.05) is 11.6 Å². The van der Waals surface area contributed by atoms with Crippen molar-refractivity contribution in [3.63, 3.8) is 0 Å². The number of hydrogen-bond donors (Lipinski definition) is 1. The summed E-state index contributed by atoms with van der Waals surface area (Å²) in [6.45, 7) is 1.65. The van der Waals surface area contributed by atoms with Crippen LogP contribution in [0.1, 0.15) is 15.4 Å². The largest absolute Gasteiger partial charge is 0.319 e. The van der Waals surface area contributed by atoms with Gasteiger partial charge in [-0.05, 0) is 43.3 Å². The first-order valence-corrected chi connectivity index (χ1v) is 7.75. The molecule has 1 heterocycles. The van der Waals surface area contributed by atoms with E-state index >= 15 is 0 Å². The van der Waals surface area contributed by atoms with Gasteiger partial charge < -0.3 is 5.32 Å². The minimum Gasteiger partial charge on any atom is -0.319 e. The molecule has 0 aliphatic carbocycles. The predicted molar refractivity (Wildman–Crippen MR) is 86.6 cm³/mol. The number of nitrogens with one attached hydrogen (secondary N) is 1. The number of aryl methyl sites for hydroxylation is 1. The van der Waals surface area contributed by atoms with Crippen LogP contribution in [0, 0.1) is 24.4 Å². The number of aromatic nitrogens is 1. The Hall–Kier alpha value is -2.67. The van der Waals surface area contributed by atoms with E-state index in [2.05, 4.69) is 10.3 Å². The van der Waals surface area contributed by atoms with E-state index in [-0.39, 0.29) is 11.5 Å². The van der Waals surface area contributed by atoms with Crippen molar-refractivity contribution in [3.05, 3.63) is 70.5 Å². The van der Waals surface area contributed by atoms with Gasteiger partial charge in [0.25, 0.3) is 5.91 Å². The molecule has 1 aromatic heterocycles. The Kier molecular flexibility index (Phi) is 4.35. The molecule has 0 saturated heterocycles. The standard InChI is InChI=1S/C17H11F3N2OS/c1-9-15(16(23)22-14-7-6-12(19)8-13(14)20)24-17(21-9)10-2-4-11(18)5-3-10/h2-8H,1H3,(H,22,23). The lowest BCUT2D eigenvalue weighted by atomic mass is 10.2.